The molecule has 32 heavy (non-hydrogen) atoms. The first-order chi connectivity index (χ1) is 15.5. The summed E-state index contributed by atoms with van der Waals surface area (Å²) in [7, 11) is 5.02. The zero-order valence-electron chi connectivity index (χ0n) is 19.6. The molecule has 2 atom stereocenters. The van der Waals surface area contributed by atoms with E-state index in [0.29, 0.717) is 22.8 Å². The molecule has 0 fully saturated rings. The van der Waals surface area contributed by atoms with Gasteiger partial charge in [-0.2, -0.15) is 0 Å². The largest absolute Gasteiger partial charge is 0.497 e. The van der Waals surface area contributed by atoms with E-state index in [-0.39, 0.29) is 20.5 Å². The first-order valence-corrected chi connectivity index (χ1v) is 11.9. The van der Waals surface area contributed by atoms with Gasteiger partial charge in [0.05, 0.1) is 14.2 Å². The maximum atomic E-state index is 13.8. The van der Waals surface area contributed by atoms with E-state index in [4.69, 9.17) is 18.9 Å². The molecule has 0 radical (unpaired) electrons. The minimum absolute atomic E-state index is 0.0743. The van der Waals surface area contributed by atoms with Crippen molar-refractivity contribution in [2.75, 3.05) is 28.1 Å². The summed E-state index contributed by atoms with van der Waals surface area (Å²) in [5.74, 6) is 1.43. The fraction of sp³-hybridized carbons (Fsp3) is 0.480. The van der Waals surface area contributed by atoms with Gasteiger partial charge < -0.3 is 18.9 Å². The average Bonchev–Trinajstić information content (AvgIpc) is 2.81. The highest BCUT2D eigenvalue weighted by Gasteiger charge is 2.37. The molecule has 0 saturated heterocycles. The zero-order chi connectivity index (χ0) is 23.6. The van der Waals surface area contributed by atoms with Crippen LogP contribution in [0, 0.1) is 5.82 Å². The molecule has 0 aromatic heterocycles. The Kier molecular flexibility index (Phi) is 10.4. The van der Waals surface area contributed by atoms with E-state index >= 15 is 0 Å². The summed E-state index contributed by atoms with van der Waals surface area (Å²) in [6, 6.07) is 8.24. The molecular formula is C25H34FO5P. The number of unbranched alkanes of at least 4 members (excludes halogenated alkanes) is 1. The summed E-state index contributed by atoms with van der Waals surface area (Å²) in [4.78, 5) is 11.7. The summed E-state index contributed by atoms with van der Waals surface area (Å²) in [6.07, 6.45) is 5.42. The maximum absolute atomic E-state index is 13.8. The number of ether oxygens (including phenoxy) is 4. The van der Waals surface area contributed by atoms with Gasteiger partial charge in [0.15, 0.2) is 24.6 Å². The third kappa shape index (κ3) is 6.20. The lowest BCUT2D eigenvalue weighted by Gasteiger charge is -2.37. The fourth-order valence-corrected chi connectivity index (χ4v) is 5.92. The van der Waals surface area contributed by atoms with E-state index < -0.39 is 5.82 Å². The molecule has 2 aromatic rings. The third-order valence-corrected chi connectivity index (χ3v) is 7.44. The van der Waals surface area contributed by atoms with Crippen molar-refractivity contribution in [1.29, 1.82) is 0 Å². The molecular weight excluding hydrogens is 430 g/mol. The number of aldehydes is 1. The van der Waals surface area contributed by atoms with Gasteiger partial charge in [0, 0.05) is 29.5 Å². The lowest BCUT2D eigenvalue weighted by molar-refractivity contribution is 0.0478. The predicted octanol–water partition coefficient (Wildman–Crippen LogP) is 5.83. The first kappa shape index (κ1) is 26.1. The molecule has 0 aliphatic carbocycles. The van der Waals surface area contributed by atoms with Crippen LogP contribution in [0.4, 0.5) is 4.39 Å². The molecule has 7 heteroatoms. The summed E-state index contributed by atoms with van der Waals surface area (Å²) in [6.45, 7) is 4.37. The Morgan fingerprint density at radius 2 is 1.81 bits per heavy atom. The molecule has 0 N–H and O–H groups in total. The molecule has 0 aliphatic rings. The predicted molar refractivity (Wildman–Crippen MR) is 128 cm³/mol. The van der Waals surface area contributed by atoms with Crippen molar-refractivity contribution in [3.63, 3.8) is 0 Å². The lowest BCUT2D eigenvalue weighted by Crippen LogP contribution is -2.26. The van der Waals surface area contributed by atoms with Crippen molar-refractivity contribution >= 4 is 20.2 Å². The first-order valence-electron chi connectivity index (χ1n) is 10.9. The zero-order valence-corrected chi connectivity index (χ0v) is 20.6. The third-order valence-electron chi connectivity index (χ3n) is 5.47. The van der Waals surface area contributed by atoms with E-state index in [0.717, 1.165) is 49.3 Å². The molecule has 0 amide bonds. The molecule has 176 valence electrons. The summed E-state index contributed by atoms with van der Waals surface area (Å²) in [5.41, 5.74) is 1.34. The highest BCUT2D eigenvalue weighted by atomic mass is 31.1. The van der Waals surface area contributed by atoms with Crippen molar-refractivity contribution in [2.24, 2.45) is 0 Å². The second-order valence-corrected chi connectivity index (χ2v) is 9.41. The number of benzene rings is 2. The number of halogens is 1. The number of hydrogen-bond acceptors (Lipinski definition) is 5. The number of hydrogen-bond donors (Lipinski definition) is 0. The van der Waals surface area contributed by atoms with Gasteiger partial charge in [0.25, 0.3) is 0 Å². The molecule has 0 bridgehead atoms. The van der Waals surface area contributed by atoms with E-state index in [1.54, 1.807) is 33.5 Å². The van der Waals surface area contributed by atoms with Crippen LogP contribution in [0.25, 0.3) is 0 Å². The minimum atomic E-state index is -0.414. The molecule has 2 aromatic carbocycles. The van der Waals surface area contributed by atoms with Gasteiger partial charge in [-0.3, -0.25) is 4.79 Å². The number of rotatable bonds is 14. The highest BCUT2D eigenvalue weighted by molar-refractivity contribution is 7.48. The molecule has 0 heterocycles. The summed E-state index contributed by atoms with van der Waals surface area (Å²) in [5, 5.41) is 0.496. The second-order valence-electron chi connectivity index (χ2n) is 7.67. The van der Waals surface area contributed by atoms with Crippen LogP contribution in [-0.2, 0) is 9.89 Å². The maximum Gasteiger partial charge on any atom is 0.188 e. The Balaban J connectivity index is 2.77. The van der Waals surface area contributed by atoms with Crippen molar-refractivity contribution < 1.29 is 28.1 Å². The molecule has 0 aliphatic heterocycles. The van der Waals surface area contributed by atoms with Gasteiger partial charge in [-0.15, -0.1) is 0 Å². The Hall–Kier alpha value is -2.17. The standard InChI is InChI=1S/C25H34FO5P/c1-6-8-12-25(11-7-2,32-23-10-9-19(26)13-18(23)16-27)21-14-20(29-4)15-22(30-5)24(21)31-17-28-3/h9-10,13-16,32H,6-8,11-12,17H2,1-5H3. The van der Waals surface area contributed by atoms with Crippen LogP contribution in [-0.4, -0.2) is 34.4 Å². The molecule has 0 spiro atoms. The number of methoxy groups -OCH3 is 3. The van der Waals surface area contributed by atoms with Crippen molar-refractivity contribution in [3.8, 4) is 17.2 Å². The topological polar surface area (TPSA) is 54.0 Å². The van der Waals surface area contributed by atoms with Gasteiger partial charge in [-0.1, -0.05) is 47.8 Å². The van der Waals surface area contributed by atoms with Crippen LogP contribution in [0.1, 0.15) is 61.9 Å². The van der Waals surface area contributed by atoms with E-state index in [2.05, 4.69) is 13.8 Å². The van der Waals surface area contributed by atoms with Gasteiger partial charge in [0.2, 0.25) is 0 Å². The minimum Gasteiger partial charge on any atom is -0.497 e. The smallest absolute Gasteiger partial charge is 0.188 e. The molecule has 0 saturated carbocycles. The van der Waals surface area contributed by atoms with Crippen LogP contribution in [0.2, 0.25) is 0 Å². The monoisotopic (exact) mass is 464 g/mol. The van der Waals surface area contributed by atoms with E-state index in [1.807, 2.05) is 6.07 Å². The van der Waals surface area contributed by atoms with E-state index in [1.165, 1.54) is 12.1 Å². The van der Waals surface area contributed by atoms with Gasteiger partial charge in [0.1, 0.15) is 11.6 Å². The highest BCUT2D eigenvalue weighted by Crippen LogP contribution is 2.55. The van der Waals surface area contributed by atoms with Crippen LogP contribution >= 0.6 is 8.58 Å². The number of carbonyl (C=O) groups is 1. The normalized spacial score (nSPS) is 13.2. The Labute approximate surface area is 192 Å². The Morgan fingerprint density at radius 3 is 2.41 bits per heavy atom. The molecule has 5 nitrogen and oxygen atoms in total. The van der Waals surface area contributed by atoms with Crippen molar-refractivity contribution in [2.45, 2.75) is 51.1 Å². The Bertz CT molecular complexity index is 889. The van der Waals surface area contributed by atoms with Gasteiger partial charge in [-0.05, 0) is 36.3 Å². The second kappa shape index (κ2) is 12.8. The quantitative estimate of drug-likeness (QED) is 0.200. The summed E-state index contributed by atoms with van der Waals surface area (Å²) >= 11 is 0. The van der Waals surface area contributed by atoms with Crippen molar-refractivity contribution in [1.82, 2.24) is 0 Å². The fourth-order valence-electron chi connectivity index (χ4n) is 3.96. The lowest BCUT2D eigenvalue weighted by atomic mass is 9.87. The molecule has 2 unspecified atom stereocenters. The van der Waals surface area contributed by atoms with Crippen LogP contribution in [0.15, 0.2) is 30.3 Å². The van der Waals surface area contributed by atoms with Crippen LogP contribution in [0.3, 0.4) is 0 Å². The number of carbonyl (C=O) groups excluding carboxylic acids is 1. The summed E-state index contributed by atoms with van der Waals surface area (Å²) < 4.78 is 36.3. The average molecular weight is 465 g/mol. The van der Waals surface area contributed by atoms with Gasteiger partial charge >= 0.3 is 0 Å². The Morgan fingerprint density at radius 1 is 1.03 bits per heavy atom. The van der Waals surface area contributed by atoms with Crippen LogP contribution in [0.5, 0.6) is 17.2 Å². The molecule has 2 rings (SSSR count). The van der Waals surface area contributed by atoms with E-state index in [9.17, 15) is 9.18 Å². The SMILES string of the molecule is CCCCC(CCC)(Pc1ccc(F)cc1C=O)c1cc(OC)cc(OC)c1OCOC. The van der Waals surface area contributed by atoms with Crippen LogP contribution < -0.4 is 19.5 Å². The van der Waals surface area contributed by atoms with Gasteiger partial charge in [-0.25, -0.2) is 4.39 Å². The van der Waals surface area contributed by atoms with Crippen molar-refractivity contribution in [3.05, 3.63) is 47.3 Å².